The Hall–Kier alpha value is -1.91. The van der Waals surface area contributed by atoms with Gasteiger partial charge in [-0.15, -0.1) is 0 Å². The van der Waals surface area contributed by atoms with Gasteiger partial charge >= 0.3 is 0 Å². The quantitative estimate of drug-likeness (QED) is 0.858. The molecule has 20 heavy (non-hydrogen) atoms. The minimum Gasteiger partial charge on any atom is -0.325 e. The highest BCUT2D eigenvalue weighted by Gasteiger charge is 2.34. The first-order valence-electron chi connectivity index (χ1n) is 6.14. The topological polar surface area (TPSA) is 113 Å². The minimum atomic E-state index is -3.76. The number of nitriles is 1. The molecule has 7 heteroatoms. The number of carbonyl (C=O) groups is 1. The van der Waals surface area contributed by atoms with Gasteiger partial charge in [-0.25, -0.2) is 13.6 Å². The highest BCUT2D eigenvalue weighted by molar-refractivity contribution is 7.89. The van der Waals surface area contributed by atoms with Crippen molar-refractivity contribution in [2.45, 2.75) is 31.6 Å². The van der Waals surface area contributed by atoms with Gasteiger partial charge in [0.2, 0.25) is 15.9 Å². The highest BCUT2D eigenvalue weighted by atomic mass is 32.2. The van der Waals surface area contributed by atoms with Gasteiger partial charge < -0.3 is 5.32 Å². The van der Waals surface area contributed by atoms with Crippen molar-refractivity contribution >= 4 is 21.6 Å². The lowest BCUT2D eigenvalue weighted by Gasteiger charge is -2.22. The molecule has 1 amide bonds. The SMILES string of the molecule is CCC(C#N)(CC)C(=O)Nc1ccc(S(N)(=O)=O)cc1. The van der Waals surface area contributed by atoms with E-state index in [0.29, 0.717) is 18.5 Å². The number of sulfonamides is 1. The van der Waals surface area contributed by atoms with Crippen LogP contribution in [0.3, 0.4) is 0 Å². The number of hydrogen-bond acceptors (Lipinski definition) is 4. The molecule has 1 aromatic carbocycles. The highest BCUT2D eigenvalue weighted by Crippen LogP contribution is 2.27. The van der Waals surface area contributed by atoms with Crippen LogP contribution < -0.4 is 10.5 Å². The van der Waals surface area contributed by atoms with E-state index in [9.17, 15) is 13.2 Å². The van der Waals surface area contributed by atoms with Crippen molar-refractivity contribution in [3.8, 4) is 6.07 Å². The molecule has 0 aromatic heterocycles. The Kier molecular flexibility index (Phi) is 4.87. The third kappa shape index (κ3) is 3.35. The zero-order valence-corrected chi connectivity index (χ0v) is 12.2. The summed E-state index contributed by atoms with van der Waals surface area (Å²) in [5.41, 5.74) is -0.651. The number of benzene rings is 1. The Morgan fingerprint density at radius 3 is 2.15 bits per heavy atom. The molecule has 6 nitrogen and oxygen atoms in total. The predicted octanol–water partition coefficient (Wildman–Crippen LogP) is 1.60. The number of hydrogen-bond donors (Lipinski definition) is 2. The number of nitrogens with one attached hydrogen (secondary N) is 1. The molecule has 1 rings (SSSR count). The first-order chi connectivity index (χ1) is 9.29. The van der Waals surface area contributed by atoms with Gasteiger partial charge in [0.15, 0.2) is 0 Å². The van der Waals surface area contributed by atoms with Crippen LogP contribution >= 0.6 is 0 Å². The molecule has 0 saturated heterocycles. The summed E-state index contributed by atoms with van der Waals surface area (Å²) < 4.78 is 22.2. The minimum absolute atomic E-state index is 0.0342. The van der Waals surface area contributed by atoms with Gasteiger partial charge in [0.05, 0.1) is 11.0 Å². The molecule has 0 saturated carbocycles. The Labute approximate surface area is 118 Å². The van der Waals surface area contributed by atoms with Crippen molar-refractivity contribution in [2.24, 2.45) is 10.6 Å². The second-order valence-electron chi connectivity index (χ2n) is 4.42. The van der Waals surface area contributed by atoms with E-state index >= 15 is 0 Å². The van der Waals surface area contributed by atoms with Gasteiger partial charge in [-0.05, 0) is 37.1 Å². The Bertz CT molecular complexity index is 626. The third-order valence-electron chi connectivity index (χ3n) is 3.30. The molecule has 108 valence electrons. The van der Waals surface area contributed by atoms with Crippen LogP contribution in [0.2, 0.25) is 0 Å². The largest absolute Gasteiger partial charge is 0.325 e. The molecule has 0 atom stereocenters. The van der Waals surface area contributed by atoms with Gasteiger partial charge in [-0.3, -0.25) is 4.79 Å². The van der Waals surface area contributed by atoms with E-state index in [1.807, 2.05) is 6.07 Å². The Morgan fingerprint density at radius 2 is 1.80 bits per heavy atom. The van der Waals surface area contributed by atoms with Crippen molar-refractivity contribution in [1.82, 2.24) is 0 Å². The maximum Gasteiger partial charge on any atom is 0.244 e. The second kappa shape index (κ2) is 6.03. The smallest absolute Gasteiger partial charge is 0.244 e. The Balaban J connectivity index is 2.95. The number of anilines is 1. The summed E-state index contributed by atoms with van der Waals surface area (Å²) in [6.45, 7) is 3.55. The molecule has 0 aliphatic rings. The van der Waals surface area contributed by atoms with Crippen LogP contribution in [0.15, 0.2) is 29.2 Å². The number of nitrogens with zero attached hydrogens (tertiary/aromatic N) is 1. The number of primary sulfonamides is 1. The van der Waals surface area contributed by atoms with Crippen molar-refractivity contribution in [3.05, 3.63) is 24.3 Å². The molecular weight excluding hydrogens is 278 g/mol. The second-order valence-corrected chi connectivity index (χ2v) is 5.99. The van der Waals surface area contributed by atoms with E-state index in [1.54, 1.807) is 13.8 Å². The van der Waals surface area contributed by atoms with Gasteiger partial charge in [0, 0.05) is 5.69 Å². The fraction of sp³-hybridized carbons (Fsp3) is 0.385. The summed E-state index contributed by atoms with van der Waals surface area (Å²) in [6, 6.07) is 7.52. The number of rotatable bonds is 5. The van der Waals surface area contributed by atoms with Crippen LogP contribution in [0.4, 0.5) is 5.69 Å². The van der Waals surface area contributed by atoms with E-state index < -0.39 is 21.3 Å². The lowest BCUT2D eigenvalue weighted by Crippen LogP contribution is -2.33. The summed E-state index contributed by atoms with van der Waals surface area (Å²) in [7, 11) is -3.76. The lowest BCUT2D eigenvalue weighted by molar-refractivity contribution is -0.123. The van der Waals surface area contributed by atoms with E-state index in [4.69, 9.17) is 10.4 Å². The van der Waals surface area contributed by atoms with E-state index in [0.717, 1.165) is 0 Å². The van der Waals surface area contributed by atoms with E-state index in [2.05, 4.69) is 5.32 Å². The summed E-state index contributed by atoms with van der Waals surface area (Å²) >= 11 is 0. The van der Waals surface area contributed by atoms with Gasteiger partial charge in [0.25, 0.3) is 0 Å². The van der Waals surface area contributed by atoms with Gasteiger partial charge in [0.1, 0.15) is 5.41 Å². The molecule has 0 unspecified atom stereocenters. The first-order valence-corrected chi connectivity index (χ1v) is 7.69. The van der Waals surface area contributed by atoms with Crippen LogP contribution in [-0.2, 0) is 14.8 Å². The van der Waals surface area contributed by atoms with Crippen LogP contribution in [0.1, 0.15) is 26.7 Å². The molecule has 0 radical (unpaired) electrons. The first kappa shape index (κ1) is 16.1. The van der Waals surface area contributed by atoms with Crippen LogP contribution in [0, 0.1) is 16.7 Å². The van der Waals surface area contributed by atoms with Crippen LogP contribution in [0.25, 0.3) is 0 Å². The average Bonchev–Trinajstić information content (AvgIpc) is 2.41. The monoisotopic (exact) mass is 295 g/mol. The molecule has 0 aliphatic carbocycles. The third-order valence-corrected chi connectivity index (χ3v) is 4.23. The molecule has 0 fully saturated rings. The maximum atomic E-state index is 12.1. The summed E-state index contributed by atoms with van der Waals surface area (Å²) in [6.07, 6.45) is 0.808. The molecule has 0 spiro atoms. The normalized spacial score (nSPS) is 11.7. The molecule has 3 N–H and O–H groups in total. The fourth-order valence-electron chi connectivity index (χ4n) is 1.76. The fourth-order valence-corrected chi connectivity index (χ4v) is 2.27. The lowest BCUT2D eigenvalue weighted by atomic mass is 9.83. The zero-order valence-electron chi connectivity index (χ0n) is 11.4. The summed E-state index contributed by atoms with van der Waals surface area (Å²) in [4.78, 5) is 12.1. The summed E-state index contributed by atoms with van der Waals surface area (Å²) in [5, 5.41) is 16.8. The Morgan fingerprint density at radius 1 is 1.30 bits per heavy atom. The number of carbonyl (C=O) groups excluding carboxylic acids is 1. The van der Waals surface area contributed by atoms with Gasteiger partial charge in [-0.2, -0.15) is 5.26 Å². The molecule has 0 heterocycles. The molecule has 0 aliphatic heterocycles. The summed E-state index contributed by atoms with van der Waals surface area (Å²) in [5.74, 6) is -0.395. The van der Waals surface area contributed by atoms with E-state index in [-0.39, 0.29) is 4.90 Å². The number of amides is 1. The average molecular weight is 295 g/mol. The van der Waals surface area contributed by atoms with Crippen molar-refractivity contribution in [2.75, 3.05) is 5.32 Å². The molecule has 0 bridgehead atoms. The van der Waals surface area contributed by atoms with Crippen molar-refractivity contribution < 1.29 is 13.2 Å². The van der Waals surface area contributed by atoms with Crippen molar-refractivity contribution in [3.63, 3.8) is 0 Å². The van der Waals surface area contributed by atoms with Crippen LogP contribution in [0.5, 0.6) is 0 Å². The standard InChI is InChI=1S/C13H17N3O3S/c1-3-13(4-2,9-14)12(17)16-10-5-7-11(8-6-10)20(15,18)19/h5-8H,3-4H2,1-2H3,(H,16,17)(H2,15,18,19). The molecule has 1 aromatic rings. The number of nitrogens with two attached hydrogens (primary N) is 1. The predicted molar refractivity (Wildman–Crippen MR) is 75.1 cm³/mol. The van der Waals surface area contributed by atoms with Crippen LogP contribution in [-0.4, -0.2) is 14.3 Å². The van der Waals surface area contributed by atoms with Gasteiger partial charge in [-0.1, -0.05) is 13.8 Å². The maximum absolute atomic E-state index is 12.1. The van der Waals surface area contributed by atoms with E-state index in [1.165, 1.54) is 24.3 Å². The zero-order chi connectivity index (χ0) is 15.4. The van der Waals surface area contributed by atoms with Crippen molar-refractivity contribution in [1.29, 1.82) is 5.26 Å². The molecular formula is C13H17N3O3S.